The number of benzene rings is 2. The number of carbonyl (C=O) groups excluding carboxylic acids is 2. The predicted molar refractivity (Wildman–Crippen MR) is 178 cm³/mol. The second-order valence-electron chi connectivity index (χ2n) is 11.8. The molecule has 0 radical (unpaired) electrons. The van der Waals surface area contributed by atoms with Gasteiger partial charge in [0.25, 0.3) is 11.8 Å². The molecule has 5 heterocycles. The number of piperidine rings is 1. The van der Waals surface area contributed by atoms with E-state index >= 15 is 4.39 Å². The third-order valence-electron chi connectivity index (χ3n) is 8.23. The fraction of sp³-hybridized carbons (Fsp3) is 0.235. The Balaban J connectivity index is 1.27. The summed E-state index contributed by atoms with van der Waals surface area (Å²) in [6.07, 6.45) is 4.89. The van der Waals surface area contributed by atoms with E-state index in [0.29, 0.717) is 35.0 Å². The minimum atomic E-state index is -1.18. The summed E-state index contributed by atoms with van der Waals surface area (Å²) in [7, 11) is 0. The van der Waals surface area contributed by atoms with Gasteiger partial charge < -0.3 is 15.8 Å². The Bertz CT molecular complexity index is 2140. The van der Waals surface area contributed by atoms with E-state index in [1.165, 1.54) is 28.2 Å². The zero-order valence-electron chi connectivity index (χ0n) is 25.7. The van der Waals surface area contributed by atoms with Crippen molar-refractivity contribution < 1.29 is 18.7 Å². The lowest BCUT2D eigenvalue weighted by Gasteiger charge is -2.34. The molecule has 6 aromatic rings. The van der Waals surface area contributed by atoms with Crippen LogP contribution in [0.5, 0.6) is 5.75 Å². The fourth-order valence-electron chi connectivity index (χ4n) is 5.71. The maximum atomic E-state index is 15.9. The number of carbonyl (C=O) groups is 2. The first-order valence-electron chi connectivity index (χ1n) is 15.2. The van der Waals surface area contributed by atoms with Crippen molar-refractivity contribution in [2.45, 2.75) is 38.3 Å². The van der Waals surface area contributed by atoms with Crippen molar-refractivity contribution in [1.29, 1.82) is 0 Å². The lowest BCUT2D eigenvalue weighted by molar-refractivity contribution is -0.130. The quantitative estimate of drug-likeness (QED) is 0.227. The number of halogens is 1. The minimum absolute atomic E-state index is 0.0760. The fourth-order valence-corrected chi connectivity index (χ4v) is 6.76. The molecule has 47 heavy (non-hydrogen) atoms. The number of aromatic nitrogens is 5. The maximum Gasteiger partial charge on any atom is 0.262 e. The Labute approximate surface area is 273 Å². The Morgan fingerprint density at radius 2 is 1.96 bits per heavy atom. The van der Waals surface area contributed by atoms with Gasteiger partial charge in [0.2, 0.25) is 0 Å². The van der Waals surface area contributed by atoms with E-state index in [1.54, 1.807) is 55.4 Å². The molecule has 13 heteroatoms. The van der Waals surface area contributed by atoms with E-state index in [9.17, 15) is 9.59 Å². The van der Waals surface area contributed by atoms with Crippen LogP contribution in [0.25, 0.3) is 37.4 Å². The van der Waals surface area contributed by atoms with Crippen molar-refractivity contribution in [3.8, 4) is 21.9 Å². The highest BCUT2D eigenvalue weighted by molar-refractivity contribution is 7.22. The number of hydrogen-bond acceptors (Lipinski definition) is 9. The van der Waals surface area contributed by atoms with E-state index in [2.05, 4.69) is 20.6 Å². The number of nitrogens with zero attached hydrogens (tertiary/aromatic N) is 6. The number of thiophene rings is 1. The largest absolute Gasteiger partial charge is 0.478 e. The standard InChI is InChI=1S/C34H31FN8O3S/c1-34(2,33(36)45)46-23-8-3-6-20(16-23)29-18-25-28(47-29)12-15-39-30(25)42(22-7-4-13-37-19-22)32(44)24-11-10-21(17-26(24)35)43-31-27(40-41-43)9-5-14-38-31/h3,5-6,8-12,14-18,22,37H,4,7,13,19H2,1-2H3,(H2,36,45)/t22-/m1/s1. The van der Waals surface area contributed by atoms with Gasteiger partial charge in [0, 0.05) is 40.0 Å². The molecular weight excluding hydrogens is 619 g/mol. The monoisotopic (exact) mass is 650 g/mol. The van der Waals surface area contributed by atoms with Crippen LogP contribution in [0, 0.1) is 5.82 Å². The molecule has 2 aromatic carbocycles. The second-order valence-corrected chi connectivity index (χ2v) is 12.9. The van der Waals surface area contributed by atoms with Gasteiger partial charge in [0.05, 0.1) is 17.3 Å². The van der Waals surface area contributed by atoms with Gasteiger partial charge in [-0.2, -0.15) is 4.68 Å². The lowest BCUT2D eigenvalue weighted by atomic mass is 10.0. The molecule has 0 saturated carbocycles. The topological polar surface area (TPSA) is 141 Å². The molecule has 7 rings (SSSR count). The number of ether oxygens (including phenoxy) is 1. The summed E-state index contributed by atoms with van der Waals surface area (Å²) < 4.78 is 24.1. The number of anilines is 1. The summed E-state index contributed by atoms with van der Waals surface area (Å²) >= 11 is 1.54. The highest BCUT2D eigenvalue weighted by atomic mass is 32.1. The highest BCUT2D eigenvalue weighted by Gasteiger charge is 2.32. The number of fused-ring (bicyclic) bond motifs is 2. The van der Waals surface area contributed by atoms with Crippen molar-refractivity contribution >= 4 is 50.2 Å². The molecule has 11 nitrogen and oxygen atoms in total. The van der Waals surface area contributed by atoms with Gasteiger partial charge in [-0.25, -0.2) is 14.4 Å². The summed E-state index contributed by atoms with van der Waals surface area (Å²) in [5.74, 6) is -0.782. The number of nitrogens with two attached hydrogens (primary N) is 1. The van der Waals surface area contributed by atoms with Crippen LogP contribution in [-0.2, 0) is 4.79 Å². The van der Waals surface area contributed by atoms with Gasteiger partial charge in [0.1, 0.15) is 22.9 Å². The number of pyridine rings is 2. The summed E-state index contributed by atoms with van der Waals surface area (Å²) in [6.45, 7) is 4.63. The Hall–Kier alpha value is -5.27. The first-order chi connectivity index (χ1) is 22.7. The van der Waals surface area contributed by atoms with Gasteiger partial charge in [0.15, 0.2) is 11.2 Å². The van der Waals surface area contributed by atoms with Crippen LogP contribution in [-0.4, -0.2) is 61.5 Å². The second kappa shape index (κ2) is 12.2. The summed E-state index contributed by atoms with van der Waals surface area (Å²) in [6, 6.07) is 19.0. The molecule has 0 bridgehead atoms. The van der Waals surface area contributed by atoms with Crippen LogP contribution in [0.15, 0.2) is 79.1 Å². The van der Waals surface area contributed by atoms with Crippen molar-refractivity contribution in [1.82, 2.24) is 30.3 Å². The van der Waals surface area contributed by atoms with Crippen LogP contribution in [0.1, 0.15) is 37.0 Å². The van der Waals surface area contributed by atoms with Gasteiger partial charge in [-0.15, -0.1) is 16.4 Å². The van der Waals surface area contributed by atoms with Crippen molar-refractivity contribution in [2.75, 3.05) is 18.0 Å². The number of hydrogen-bond donors (Lipinski definition) is 2. The molecule has 1 atom stereocenters. The van der Waals surface area contributed by atoms with Crippen molar-refractivity contribution in [2.24, 2.45) is 5.73 Å². The zero-order valence-corrected chi connectivity index (χ0v) is 26.5. The number of primary amides is 1. The third-order valence-corrected chi connectivity index (χ3v) is 9.38. The van der Waals surface area contributed by atoms with E-state index in [1.807, 2.05) is 30.3 Å². The lowest BCUT2D eigenvalue weighted by Crippen LogP contribution is -2.49. The molecule has 238 valence electrons. The molecule has 1 fully saturated rings. The van der Waals surface area contributed by atoms with Crippen LogP contribution in [0.3, 0.4) is 0 Å². The summed E-state index contributed by atoms with van der Waals surface area (Å²) in [5, 5.41) is 12.4. The molecular formula is C34H31FN8O3S. The Kier molecular flexibility index (Phi) is 7.86. The van der Waals surface area contributed by atoms with Crippen molar-refractivity contribution in [3.63, 3.8) is 0 Å². The number of amides is 2. The smallest absolute Gasteiger partial charge is 0.262 e. The highest BCUT2D eigenvalue weighted by Crippen LogP contribution is 2.40. The average Bonchev–Trinajstić information content (AvgIpc) is 3.71. The van der Waals surface area contributed by atoms with E-state index < -0.39 is 23.2 Å². The first kappa shape index (κ1) is 30.4. The molecule has 1 saturated heterocycles. The molecule has 1 aliphatic rings. The van der Waals surface area contributed by atoms with E-state index in [-0.39, 0.29) is 11.6 Å². The summed E-state index contributed by atoms with van der Waals surface area (Å²) in [4.78, 5) is 37.8. The molecule has 0 aliphatic carbocycles. The van der Waals surface area contributed by atoms with Crippen molar-refractivity contribution in [3.05, 3.63) is 90.5 Å². The van der Waals surface area contributed by atoms with Crippen LogP contribution < -0.4 is 20.7 Å². The minimum Gasteiger partial charge on any atom is -0.478 e. The predicted octanol–water partition coefficient (Wildman–Crippen LogP) is 5.27. The van der Waals surface area contributed by atoms with Gasteiger partial charge in [-0.1, -0.05) is 17.3 Å². The Morgan fingerprint density at radius 1 is 1.09 bits per heavy atom. The normalized spacial score (nSPS) is 15.2. The molecule has 4 aromatic heterocycles. The maximum absolute atomic E-state index is 15.9. The molecule has 3 N–H and O–H groups in total. The first-order valence-corrected chi connectivity index (χ1v) is 16.0. The van der Waals surface area contributed by atoms with E-state index in [0.717, 1.165) is 39.9 Å². The molecule has 2 amide bonds. The zero-order chi connectivity index (χ0) is 32.7. The average molecular weight is 651 g/mol. The number of nitrogens with one attached hydrogen (secondary N) is 1. The van der Waals surface area contributed by atoms with Gasteiger partial charge in [-0.3, -0.25) is 14.5 Å². The van der Waals surface area contributed by atoms with E-state index in [4.69, 9.17) is 15.5 Å². The molecule has 0 unspecified atom stereocenters. The SMILES string of the molecule is CC(C)(Oc1cccc(-c2cc3c(N(C(=O)c4ccc(-n5nnc6cccnc65)cc4F)[C@@H]4CCCNC4)nccc3s2)c1)C(N)=O. The Morgan fingerprint density at radius 3 is 2.74 bits per heavy atom. The molecule has 1 aliphatic heterocycles. The third kappa shape index (κ3) is 5.79. The number of rotatable bonds is 8. The van der Waals surface area contributed by atoms with Crippen LogP contribution in [0.2, 0.25) is 0 Å². The molecule has 0 spiro atoms. The van der Waals surface area contributed by atoms with Crippen LogP contribution in [0.4, 0.5) is 10.2 Å². The van der Waals surface area contributed by atoms with Gasteiger partial charge in [-0.05, 0) is 87.3 Å². The summed E-state index contributed by atoms with van der Waals surface area (Å²) in [5.41, 5.74) is 6.58. The van der Waals surface area contributed by atoms with Crippen LogP contribution >= 0.6 is 11.3 Å². The van der Waals surface area contributed by atoms with Gasteiger partial charge >= 0.3 is 0 Å².